The second-order valence-corrected chi connectivity index (χ2v) is 6.97. The van der Waals surface area contributed by atoms with Gasteiger partial charge in [0.15, 0.2) is 0 Å². The van der Waals surface area contributed by atoms with E-state index in [2.05, 4.69) is 0 Å². The van der Waals surface area contributed by atoms with Gasteiger partial charge in [-0.05, 0) is 19.4 Å². The van der Waals surface area contributed by atoms with Gasteiger partial charge in [0.05, 0.1) is 12.0 Å². The Bertz CT molecular complexity index is 685. The molecule has 1 aromatic rings. The van der Waals surface area contributed by atoms with E-state index in [0.29, 0.717) is 18.5 Å². The number of hydrogen-bond donors (Lipinski definition) is 0. The lowest BCUT2D eigenvalue weighted by atomic mass is 9.82. The van der Waals surface area contributed by atoms with E-state index in [-0.39, 0.29) is 44.2 Å². The predicted molar refractivity (Wildman–Crippen MR) is 90.0 cm³/mol. The van der Waals surface area contributed by atoms with Gasteiger partial charge in [0.1, 0.15) is 5.82 Å². The molecule has 2 fully saturated rings. The van der Waals surface area contributed by atoms with Gasteiger partial charge >= 0.3 is 0 Å². The molecule has 2 aliphatic rings. The van der Waals surface area contributed by atoms with Crippen molar-refractivity contribution in [2.75, 3.05) is 19.6 Å². The molecule has 0 saturated carbocycles. The molecule has 4 nitrogen and oxygen atoms in total. The minimum atomic E-state index is -2.74. The van der Waals surface area contributed by atoms with Gasteiger partial charge in [0.25, 0.3) is 5.92 Å². The zero-order valence-electron chi connectivity index (χ0n) is 14.8. The molecule has 2 saturated heterocycles. The van der Waals surface area contributed by atoms with Gasteiger partial charge in [-0.15, -0.1) is 0 Å². The molecule has 142 valence electrons. The van der Waals surface area contributed by atoms with Gasteiger partial charge in [0, 0.05) is 44.5 Å². The van der Waals surface area contributed by atoms with Crippen LogP contribution in [0.15, 0.2) is 24.3 Å². The van der Waals surface area contributed by atoms with Crippen LogP contribution in [0.2, 0.25) is 0 Å². The first-order valence-electron chi connectivity index (χ1n) is 9.04. The Balaban J connectivity index is 1.89. The number of hydrogen-bond acceptors (Lipinski definition) is 2. The lowest BCUT2D eigenvalue weighted by Crippen LogP contribution is -2.51. The van der Waals surface area contributed by atoms with Crippen molar-refractivity contribution in [2.45, 2.75) is 44.6 Å². The summed E-state index contributed by atoms with van der Waals surface area (Å²) < 4.78 is 41.2. The molecule has 7 heteroatoms. The van der Waals surface area contributed by atoms with Gasteiger partial charge in [-0.3, -0.25) is 9.59 Å². The number of carbonyl (C=O) groups is 2. The molecule has 1 aromatic carbocycles. The van der Waals surface area contributed by atoms with Crippen molar-refractivity contribution in [1.82, 2.24) is 9.80 Å². The second kappa shape index (κ2) is 7.29. The van der Waals surface area contributed by atoms with Crippen molar-refractivity contribution in [3.63, 3.8) is 0 Å². The minimum absolute atomic E-state index is 0.00754. The van der Waals surface area contributed by atoms with Gasteiger partial charge in [-0.2, -0.15) is 0 Å². The number of benzene rings is 1. The predicted octanol–water partition coefficient (Wildman–Crippen LogP) is 3.38. The third-order valence-electron chi connectivity index (χ3n) is 5.39. The van der Waals surface area contributed by atoms with Crippen molar-refractivity contribution < 1.29 is 22.8 Å². The van der Waals surface area contributed by atoms with E-state index >= 15 is 0 Å². The summed E-state index contributed by atoms with van der Waals surface area (Å²) in [6, 6.07) is 5.44. The van der Waals surface area contributed by atoms with E-state index in [1.54, 1.807) is 25.1 Å². The average Bonchev–Trinajstić information content (AvgIpc) is 2.61. The number of rotatable bonds is 3. The van der Waals surface area contributed by atoms with Crippen molar-refractivity contribution >= 4 is 11.8 Å². The summed E-state index contributed by atoms with van der Waals surface area (Å²) in [6.07, 6.45) is -0.197. The molecule has 0 N–H and O–H groups in total. The van der Waals surface area contributed by atoms with E-state index in [9.17, 15) is 22.8 Å². The highest BCUT2D eigenvalue weighted by Crippen LogP contribution is 2.39. The van der Waals surface area contributed by atoms with Crippen LogP contribution in [0.4, 0.5) is 13.2 Å². The Labute approximate surface area is 151 Å². The summed E-state index contributed by atoms with van der Waals surface area (Å²) in [5.74, 6) is -4.20. The minimum Gasteiger partial charge on any atom is -0.342 e. The number of likely N-dealkylation sites (tertiary alicyclic amines) is 2. The van der Waals surface area contributed by atoms with Crippen molar-refractivity contribution in [2.24, 2.45) is 5.92 Å². The smallest absolute Gasteiger partial charge is 0.251 e. The number of piperidine rings is 2. The van der Waals surface area contributed by atoms with Crippen LogP contribution in [-0.2, 0) is 9.59 Å². The van der Waals surface area contributed by atoms with E-state index in [4.69, 9.17) is 0 Å². The lowest BCUT2D eigenvalue weighted by molar-refractivity contribution is -0.151. The van der Waals surface area contributed by atoms with Crippen LogP contribution in [0, 0.1) is 11.7 Å². The Morgan fingerprint density at radius 1 is 1.23 bits per heavy atom. The first-order valence-corrected chi connectivity index (χ1v) is 9.04. The van der Waals surface area contributed by atoms with Crippen LogP contribution in [0.25, 0.3) is 0 Å². The first-order chi connectivity index (χ1) is 12.3. The maximum absolute atomic E-state index is 14.4. The van der Waals surface area contributed by atoms with Gasteiger partial charge in [0.2, 0.25) is 11.8 Å². The molecule has 2 heterocycles. The highest BCUT2D eigenvalue weighted by atomic mass is 19.3. The number of halogens is 3. The van der Waals surface area contributed by atoms with E-state index < -0.39 is 23.7 Å². The molecule has 2 atom stereocenters. The zero-order valence-corrected chi connectivity index (χ0v) is 14.8. The standard InChI is InChI=1S/C19H23F3N2O2/c1-2-24-16(25)8-7-14(17(24)13-5-3-4-6-15(13)20)18(26)23-11-9-19(21,22)10-12-23/h3-6,14,17H,2,7-12H2,1H3/t14-,17+/m1/s1. The lowest BCUT2D eigenvalue weighted by Gasteiger charge is -2.43. The van der Waals surface area contributed by atoms with Crippen LogP contribution in [0.3, 0.4) is 0 Å². The maximum atomic E-state index is 14.4. The molecule has 3 rings (SSSR count). The summed E-state index contributed by atoms with van der Waals surface area (Å²) in [4.78, 5) is 28.4. The first kappa shape index (κ1) is 18.7. The molecular formula is C19H23F3N2O2. The highest BCUT2D eigenvalue weighted by molar-refractivity contribution is 5.85. The third kappa shape index (κ3) is 3.57. The second-order valence-electron chi connectivity index (χ2n) is 6.97. The monoisotopic (exact) mass is 368 g/mol. The Hall–Kier alpha value is -2.05. The molecule has 0 spiro atoms. The highest BCUT2D eigenvalue weighted by Gasteiger charge is 2.44. The largest absolute Gasteiger partial charge is 0.342 e. The number of amides is 2. The van der Waals surface area contributed by atoms with E-state index in [0.717, 1.165) is 0 Å². The fraction of sp³-hybridized carbons (Fsp3) is 0.579. The molecule has 26 heavy (non-hydrogen) atoms. The normalized spacial score (nSPS) is 26.1. The Kier molecular flexibility index (Phi) is 5.25. The van der Waals surface area contributed by atoms with E-state index in [1.807, 2.05) is 0 Å². The maximum Gasteiger partial charge on any atom is 0.251 e. The fourth-order valence-electron chi connectivity index (χ4n) is 3.97. The van der Waals surface area contributed by atoms with Gasteiger partial charge in [-0.1, -0.05) is 18.2 Å². The molecule has 0 aromatic heterocycles. The molecular weight excluding hydrogens is 345 g/mol. The SMILES string of the molecule is CCN1C(=O)CC[C@@H](C(=O)N2CCC(F)(F)CC2)[C@@H]1c1ccccc1F. The van der Waals surface area contributed by atoms with Crippen LogP contribution in [0.5, 0.6) is 0 Å². The zero-order chi connectivity index (χ0) is 18.9. The Morgan fingerprint density at radius 2 is 1.88 bits per heavy atom. The molecule has 0 aliphatic carbocycles. The van der Waals surface area contributed by atoms with Crippen LogP contribution < -0.4 is 0 Å². The topological polar surface area (TPSA) is 40.6 Å². The summed E-state index contributed by atoms with van der Waals surface area (Å²) in [5.41, 5.74) is 0.308. The fourth-order valence-corrected chi connectivity index (χ4v) is 3.97. The summed E-state index contributed by atoms with van der Waals surface area (Å²) in [7, 11) is 0. The molecule has 0 radical (unpaired) electrons. The molecule has 2 amide bonds. The average molecular weight is 368 g/mol. The van der Waals surface area contributed by atoms with Crippen LogP contribution in [-0.4, -0.2) is 47.2 Å². The molecule has 0 bridgehead atoms. The number of alkyl halides is 2. The van der Waals surface area contributed by atoms with E-state index in [1.165, 1.54) is 15.9 Å². The number of carbonyl (C=O) groups excluding carboxylic acids is 2. The molecule has 2 aliphatic heterocycles. The van der Waals surface area contributed by atoms with Crippen LogP contribution >= 0.6 is 0 Å². The summed E-state index contributed by atoms with van der Waals surface area (Å²) in [6.45, 7) is 2.14. The molecule has 0 unspecified atom stereocenters. The van der Waals surface area contributed by atoms with Gasteiger partial charge < -0.3 is 9.80 Å². The quantitative estimate of drug-likeness (QED) is 0.821. The van der Waals surface area contributed by atoms with Crippen molar-refractivity contribution in [1.29, 1.82) is 0 Å². The third-order valence-corrected chi connectivity index (χ3v) is 5.39. The van der Waals surface area contributed by atoms with Crippen molar-refractivity contribution in [3.05, 3.63) is 35.6 Å². The van der Waals surface area contributed by atoms with Crippen LogP contribution in [0.1, 0.15) is 44.2 Å². The van der Waals surface area contributed by atoms with Crippen molar-refractivity contribution in [3.8, 4) is 0 Å². The number of nitrogens with zero attached hydrogens (tertiary/aromatic N) is 2. The summed E-state index contributed by atoms with van der Waals surface area (Å²) >= 11 is 0. The summed E-state index contributed by atoms with van der Waals surface area (Å²) in [5, 5.41) is 0. The van der Waals surface area contributed by atoms with Gasteiger partial charge in [-0.25, -0.2) is 13.2 Å². The Morgan fingerprint density at radius 3 is 2.50 bits per heavy atom.